The molecule has 0 spiro atoms. The molecule has 0 saturated carbocycles. The maximum Gasteiger partial charge on any atom is 0.416 e. The second-order valence-corrected chi connectivity index (χ2v) is 6.31. The zero-order valence-electron chi connectivity index (χ0n) is 14.5. The molecule has 1 saturated heterocycles. The molecule has 4 nitrogen and oxygen atoms in total. The first kappa shape index (κ1) is 19.0. The minimum Gasteiger partial charge on any atom is -0.368 e. The Morgan fingerprint density at radius 2 is 1.70 bits per heavy atom. The molecule has 0 aliphatic carbocycles. The van der Waals surface area contributed by atoms with E-state index in [-0.39, 0.29) is 18.4 Å². The number of piperazine rings is 1. The number of rotatable bonds is 3. The minimum atomic E-state index is -4.38. The van der Waals surface area contributed by atoms with Gasteiger partial charge in [0.05, 0.1) is 5.56 Å². The van der Waals surface area contributed by atoms with Crippen LogP contribution in [0.15, 0.2) is 48.5 Å². The maximum atomic E-state index is 13.2. The number of alkyl halides is 3. The Labute approximate surface area is 154 Å². The number of nitrogens with zero attached hydrogens (tertiary/aromatic N) is 2. The van der Waals surface area contributed by atoms with E-state index in [1.165, 1.54) is 18.2 Å². The zero-order valence-corrected chi connectivity index (χ0v) is 14.5. The third-order valence-corrected chi connectivity index (χ3v) is 4.44. The van der Waals surface area contributed by atoms with Crippen molar-refractivity contribution in [1.29, 1.82) is 0 Å². The van der Waals surface area contributed by atoms with Gasteiger partial charge in [-0.05, 0) is 35.9 Å². The number of amides is 2. The number of hydrogen-bond donors (Lipinski definition) is 1. The number of nitrogens with one attached hydrogen (secondary N) is 1. The number of carbonyl (C=O) groups is 1. The van der Waals surface area contributed by atoms with Gasteiger partial charge in [0.1, 0.15) is 5.82 Å². The van der Waals surface area contributed by atoms with Gasteiger partial charge in [0, 0.05) is 38.4 Å². The first-order valence-corrected chi connectivity index (χ1v) is 8.52. The number of urea groups is 1. The number of anilines is 1. The van der Waals surface area contributed by atoms with Gasteiger partial charge >= 0.3 is 12.2 Å². The van der Waals surface area contributed by atoms with E-state index in [1.807, 2.05) is 4.90 Å². The average Bonchev–Trinajstić information content (AvgIpc) is 2.66. The van der Waals surface area contributed by atoms with Gasteiger partial charge in [0.15, 0.2) is 0 Å². The SMILES string of the molecule is O=C(NCc1cccc(F)c1)N1CCN(c2cccc(C(F)(F)F)c2)CC1. The molecule has 2 aromatic carbocycles. The van der Waals surface area contributed by atoms with E-state index in [2.05, 4.69) is 5.32 Å². The van der Waals surface area contributed by atoms with Gasteiger partial charge in [-0.1, -0.05) is 18.2 Å². The van der Waals surface area contributed by atoms with E-state index in [0.717, 1.165) is 12.1 Å². The highest BCUT2D eigenvalue weighted by molar-refractivity contribution is 5.74. The van der Waals surface area contributed by atoms with Crippen molar-refractivity contribution < 1.29 is 22.4 Å². The van der Waals surface area contributed by atoms with Gasteiger partial charge < -0.3 is 15.1 Å². The fraction of sp³-hybridized carbons (Fsp3) is 0.316. The molecule has 2 aromatic rings. The van der Waals surface area contributed by atoms with Crippen molar-refractivity contribution in [2.24, 2.45) is 0 Å². The van der Waals surface area contributed by atoms with E-state index in [4.69, 9.17) is 0 Å². The van der Waals surface area contributed by atoms with E-state index in [0.29, 0.717) is 37.4 Å². The van der Waals surface area contributed by atoms with Crippen LogP contribution in [0, 0.1) is 5.82 Å². The highest BCUT2D eigenvalue weighted by Gasteiger charge is 2.31. The van der Waals surface area contributed by atoms with Crippen molar-refractivity contribution in [3.8, 4) is 0 Å². The zero-order chi connectivity index (χ0) is 19.4. The third-order valence-electron chi connectivity index (χ3n) is 4.44. The summed E-state index contributed by atoms with van der Waals surface area (Å²) in [4.78, 5) is 15.7. The van der Waals surface area contributed by atoms with Crippen LogP contribution in [-0.2, 0) is 12.7 Å². The topological polar surface area (TPSA) is 35.6 Å². The molecule has 8 heteroatoms. The Hall–Kier alpha value is -2.77. The van der Waals surface area contributed by atoms with Gasteiger partial charge in [0.2, 0.25) is 0 Å². The lowest BCUT2D eigenvalue weighted by atomic mass is 10.1. The van der Waals surface area contributed by atoms with Gasteiger partial charge in [-0.3, -0.25) is 0 Å². The average molecular weight is 381 g/mol. The van der Waals surface area contributed by atoms with Crippen LogP contribution in [0.25, 0.3) is 0 Å². The molecule has 0 radical (unpaired) electrons. The Kier molecular flexibility index (Phi) is 5.53. The highest BCUT2D eigenvalue weighted by atomic mass is 19.4. The van der Waals surface area contributed by atoms with Crippen LogP contribution in [-0.4, -0.2) is 37.1 Å². The summed E-state index contributed by atoms with van der Waals surface area (Å²) in [6, 6.07) is 10.9. The first-order chi connectivity index (χ1) is 12.8. The largest absolute Gasteiger partial charge is 0.416 e. The monoisotopic (exact) mass is 381 g/mol. The van der Waals surface area contributed by atoms with Crippen LogP contribution in [0.5, 0.6) is 0 Å². The summed E-state index contributed by atoms with van der Waals surface area (Å²) in [5.41, 5.74) is 0.464. The van der Waals surface area contributed by atoms with Crippen molar-refractivity contribution in [1.82, 2.24) is 10.2 Å². The molecule has 0 aromatic heterocycles. The van der Waals surface area contributed by atoms with Crippen LogP contribution in [0.4, 0.5) is 28.0 Å². The van der Waals surface area contributed by atoms with Crippen molar-refractivity contribution in [2.75, 3.05) is 31.1 Å². The summed E-state index contributed by atoms with van der Waals surface area (Å²) in [7, 11) is 0. The summed E-state index contributed by atoms with van der Waals surface area (Å²) in [6.45, 7) is 1.88. The summed E-state index contributed by atoms with van der Waals surface area (Å²) in [6.07, 6.45) is -4.38. The predicted molar refractivity (Wildman–Crippen MR) is 93.9 cm³/mol. The number of benzene rings is 2. The second-order valence-electron chi connectivity index (χ2n) is 6.31. The summed E-state index contributed by atoms with van der Waals surface area (Å²) in [5.74, 6) is -0.364. The lowest BCUT2D eigenvalue weighted by Crippen LogP contribution is -2.51. The van der Waals surface area contributed by atoms with Crippen LogP contribution in [0.1, 0.15) is 11.1 Å². The Morgan fingerprint density at radius 1 is 1.00 bits per heavy atom. The standard InChI is InChI=1S/C19H19F4N3O/c20-16-5-1-3-14(11-16)13-24-18(27)26-9-7-25(8-10-26)17-6-2-4-15(12-17)19(21,22)23/h1-6,11-12H,7-10,13H2,(H,24,27). The molecule has 1 fully saturated rings. The van der Waals surface area contributed by atoms with Crippen molar-refractivity contribution in [3.05, 3.63) is 65.5 Å². The normalized spacial score (nSPS) is 15.0. The number of carbonyl (C=O) groups excluding carboxylic acids is 1. The molecule has 144 valence electrons. The van der Waals surface area contributed by atoms with E-state index in [9.17, 15) is 22.4 Å². The van der Waals surface area contributed by atoms with E-state index >= 15 is 0 Å². The van der Waals surface area contributed by atoms with Crippen molar-refractivity contribution in [2.45, 2.75) is 12.7 Å². The Morgan fingerprint density at radius 3 is 2.37 bits per heavy atom. The van der Waals surface area contributed by atoms with Crippen LogP contribution < -0.4 is 10.2 Å². The van der Waals surface area contributed by atoms with Crippen molar-refractivity contribution in [3.63, 3.8) is 0 Å². The van der Waals surface area contributed by atoms with Crippen molar-refractivity contribution >= 4 is 11.7 Å². The minimum absolute atomic E-state index is 0.213. The lowest BCUT2D eigenvalue weighted by Gasteiger charge is -2.36. The first-order valence-electron chi connectivity index (χ1n) is 8.52. The molecule has 27 heavy (non-hydrogen) atoms. The highest BCUT2D eigenvalue weighted by Crippen LogP contribution is 2.31. The van der Waals surface area contributed by atoms with Crippen LogP contribution >= 0.6 is 0 Å². The van der Waals surface area contributed by atoms with E-state index < -0.39 is 11.7 Å². The molecule has 1 N–H and O–H groups in total. The number of halogens is 4. The molecular weight excluding hydrogens is 362 g/mol. The second kappa shape index (κ2) is 7.85. The summed E-state index contributed by atoms with van der Waals surface area (Å²) in [5, 5.41) is 2.73. The molecule has 0 bridgehead atoms. The molecule has 0 unspecified atom stereocenters. The van der Waals surface area contributed by atoms with Gasteiger partial charge in [-0.2, -0.15) is 13.2 Å². The van der Waals surface area contributed by atoms with Gasteiger partial charge in [-0.25, -0.2) is 9.18 Å². The molecule has 1 heterocycles. The third kappa shape index (κ3) is 4.90. The Balaban J connectivity index is 1.53. The molecule has 1 aliphatic heterocycles. The lowest BCUT2D eigenvalue weighted by molar-refractivity contribution is -0.137. The molecule has 0 atom stereocenters. The fourth-order valence-electron chi connectivity index (χ4n) is 2.98. The summed E-state index contributed by atoms with van der Waals surface area (Å²) < 4.78 is 51.7. The van der Waals surface area contributed by atoms with Gasteiger partial charge in [-0.15, -0.1) is 0 Å². The predicted octanol–water partition coefficient (Wildman–Crippen LogP) is 3.88. The van der Waals surface area contributed by atoms with Crippen LogP contribution in [0.3, 0.4) is 0 Å². The van der Waals surface area contributed by atoms with Crippen LogP contribution in [0.2, 0.25) is 0 Å². The molecule has 1 aliphatic rings. The smallest absolute Gasteiger partial charge is 0.368 e. The van der Waals surface area contributed by atoms with E-state index in [1.54, 1.807) is 23.1 Å². The quantitative estimate of drug-likeness (QED) is 0.820. The molecule has 3 rings (SSSR count). The summed E-state index contributed by atoms with van der Waals surface area (Å²) >= 11 is 0. The Bertz CT molecular complexity index is 802. The van der Waals surface area contributed by atoms with Gasteiger partial charge in [0.25, 0.3) is 0 Å². The fourth-order valence-corrected chi connectivity index (χ4v) is 2.98. The molecular formula is C19H19F4N3O. The maximum absolute atomic E-state index is 13.2. The molecule has 2 amide bonds. The number of hydrogen-bond acceptors (Lipinski definition) is 2.